The molecule has 36 heavy (non-hydrogen) atoms. The number of carbonyl (C=O) groups is 2. The first-order valence-electron chi connectivity index (χ1n) is 12.7. The topological polar surface area (TPSA) is 58.6 Å². The van der Waals surface area contributed by atoms with Gasteiger partial charge in [0, 0.05) is 19.0 Å². The average Bonchev–Trinajstić information content (AvgIpc) is 2.87. The molecule has 0 aliphatic rings. The van der Waals surface area contributed by atoms with E-state index >= 15 is 0 Å². The standard InChI is InChI=1S/C31H38N2O3/c1-6-25(5)32-31(35)28(19-26-12-8-7-9-13-26)33(20-27-14-10-11-22(2)17-27)30(34)21-36-29-18-23(3)15-16-24(29)4/h7-18,25,28H,6,19-21H2,1-5H3,(H,32,35)/t25-,28+/m1/s1. The van der Waals surface area contributed by atoms with Crippen LogP contribution in [0.15, 0.2) is 72.8 Å². The second-order valence-electron chi connectivity index (χ2n) is 9.59. The van der Waals surface area contributed by atoms with Gasteiger partial charge in [0.2, 0.25) is 5.91 Å². The van der Waals surface area contributed by atoms with Gasteiger partial charge in [-0.2, -0.15) is 0 Å². The van der Waals surface area contributed by atoms with E-state index in [1.54, 1.807) is 4.90 Å². The molecule has 0 heterocycles. The molecular weight excluding hydrogens is 448 g/mol. The molecule has 3 rings (SSSR count). The summed E-state index contributed by atoms with van der Waals surface area (Å²) in [6.07, 6.45) is 1.23. The first-order valence-corrected chi connectivity index (χ1v) is 12.7. The maximum Gasteiger partial charge on any atom is 0.261 e. The molecule has 0 radical (unpaired) electrons. The van der Waals surface area contributed by atoms with E-state index in [2.05, 4.69) is 11.4 Å². The van der Waals surface area contributed by atoms with Gasteiger partial charge >= 0.3 is 0 Å². The lowest BCUT2D eigenvalue weighted by molar-refractivity contribution is -0.143. The summed E-state index contributed by atoms with van der Waals surface area (Å²) in [6.45, 7) is 10.2. The number of ether oxygens (including phenoxy) is 1. The first-order chi connectivity index (χ1) is 17.3. The Hall–Kier alpha value is -3.60. The van der Waals surface area contributed by atoms with E-state index in [0.29, 0.717) is 18.7 Å². The van der Waals surface area contributed by atoms with Crippen molar-refractivity contribution >= 4 is 11.8 Å². The molecule has 0 fully saturated rings. The van der Waals surface area contributed by atoms with Gasteiger partial charge in [-0.25, -0.2) is 0 Å². The van der Waals surface area contributed by atoms with Crippen LogP contribution in [0.4, 0.5) is 0 Å². The highest BCUT2D eigenvalue weighted by molar-refractivity contribution is 5.88. The van der Waals surface area contributed by atoms with Crippen LogP contribution < -0.4 is 10.1 Å². The number of rotatable bonds is 11. The molecule has 2 amide bonds. The minimum atomic E-state index is -0.670. The van der Waals surface area contributed by atoms with Gasteiger partial charge in [0.15, 0.2) is 6.61 Å². The summed E-state index contributed by atoms with van der Waals surface area (Å²) >= 11 is 0. The molecule has 0 saturated heterocycles. The van der Waals surface area contributed by atoms with E-state index in [9.17, 15) is 9.59 Å². The van der Waals surface area contributed by atoms with E-state index in [1.165, 1.54) is 0 Å². The van der Waals surface area contributed by atoms with Crippen molar-refractivity contribution in [1.29, 1.82) is 0 Å². The maximum atomic E-state index is 13.7. The average molecular weight is 487 g/mol. The molecule has 1 N–H and O–H groups in total. The minimum Gasteiger partial charge on any atom is -0.483 e. The van der Waals surface area contributed by atoms with Gasteiger partial charge in [-0.15, -0.1) is 0 Å². The van der Waals surface area contributed by atoms with Crippen LogP contribution in [0.25, 0.3) is 0 Å². The smallest absolute Gasteiger partial charge is 0.261 e. The Kier molecular flexibility index (Phi) is 9.69. The summed E-state index contributed by atoms with van der Waals surface area (Å²) in [5.41, 5.74) is 5.11. The molecule has 2 atom stereocenters. The fraction of sp³-hybridized carbons (Fsp3) is 0.355. The van der Waals surface area contributed by atoms with Crippen molar-refractivity contribution in [2.24, 2.45) is 0 Å². The minimum absolute atomic E-state index is 0.0119. The van der Waals surface area contributed by atoms with Gasteiger partial charge in [-0.3, -0.25) is 9.59 Å². The molecule has 5 heteroatoms. The second-order valence-corrected chi connectivity index (χ2v) is 9.59. The lowest BCUT2D eigenvalue weighted by Crippen LogP contribution is -2.53. The SMILES string of the molecule is CC[C@@H](C)NC(=O)[C@H](Cc1ccccc1)N(Cc1cccc(C)c1)C(=O)COc1cc(C)ccc1C. The number of carbonyl (C=O) groups excluding carboxylic acids is 2. The Balaban J connectivity index is 1.93. The van der Waals surface area contributed by atoms with Crippen molar-refractivity contribution in [3.63, 3.8) is 0 Å². The van der Waals surface area contributed by atoms with Gasteiger partial charge in [-0.05, 0) is 62.4 Å². The monoisotopic (exact) mass is 486 g/mol. The lowest BCUT2D eigenvalue weighted by atomic mass is 10.0. The van der Waals surface area contributed by atoms with Crippen molar-refractivity contribution in [3.8, 4) is 5.75 Å². The van der Waals surface area contributed by atoms with Crippen molar-refractivity contribution in [3.05, 3.63) is 101 Å². The van der Waals surface area contributed by atoms with E-state index in [0.717, 1.165) is 34.2 Å². The predicted molar refractivity (Wildman–Crippen MR) is 145 cm³/mol. The van der Waals surface area contributed by atoms with Crippen molar-refractivity contribution in [1.82, 2.24) is 10.2 Å². The number of nitrogens with one attached hydrogen (secondary N) is 1. The lowest BCUT2D eigenvalue weighted by Gasteiger charge is -2.32. The Bertz CT molecular complexity index is 1160. The van der Waals surface area contributed by atoms with Crippen LogP contribution in [0, 0.1) is 20.8 Å². The number of benzene rings is 3. The van der Waals surface area contributed by atoms with E-state index in [4.69, 9.17) is 4.74 Å². The van der Waals surface area contributed by atoms with E-state index in [-0.39, 0.29) is 24.5 Å². The fourth-order valence-electron chi connectivity index (χ4n) is 4.09. The van der Waals surface area contributed by atoms with Crippen molar-refractivity contribution in [2.45, 2.75) is 66.1 Å². The molecule has 0 aliphatic heterocycles. The first kappa shape index (κ1) is 27.0. The zero-order chi connectivity index (χ0) is 26.1. The van der Waals surface area contributed by atoms with Crippen LogP contribution in [0.2, 0.25) is 0 Å². The molecule has 0 saturated carbocycles. The third kappa shape index (κ3) is 7.70. The number of hydrogen-bond acceptors (Lipinski definition) is 3. The molecule has 0 aliphatic carbocycles. The van der Waals surface area contributed by atoms with Crippen LogP contribution in [0.5, 0.6) is 5.75 Å². The predicted octanol–water partition coefficient (Wildman–Crippen LogP) is 5.55. The summed E-state index contributed by atoms with van der Waals surface area (Å²) in [7, 11) is 0. The number of aryl methyl sites for hydroxylation is 3. The highest BCUT2D eigenvalue weighted by Crippen LogP contribution is 2.21. The van der Waals surface area contributed by atoms with Gasteiger partial charge in [0.25, 0.3) is 5.91 Å². The molecule has 0 aromatic heterocycles. The number of nitrogens with zero attached hydrogens (tertiary/aromatic N) is 1. The number of amides is 2. The molecule has 0 unspecified atom stereocenters. The van der Waals surface area contributed by atoms with Crippen LogP contribution in [-0.4, -0.2) is 35.4 Å². The fourth-order valence-corrected chi connectivity index (χ4v) is 4.09. The number of hydrogen-bond donors (Lipinski definition) is 1. The molecule has 5 nitrogen and oxygen atoms in total. The van der Waals surface area contributed by atoms with Crippen molar-refractivity contribution < 1.29 is 14.3 Å². The zero-order valence-corrected chi connectivity index (χ0v) is 22.1. The Morgan fingerprint density at radius 1 is 0.889 bits per heavy atom. The van der Waals surface area contributed by atoms with Crippen LogP contribution in [0.3, 0.4) is 0 Å². The maximum absolute atomic E-state index is 13.7. The van der Waals surface area contributed by atoms with Crippen LogP contribution in [0.1, 0.15) is 48.1 Å². The Labute approximate surface area is 215 Å². The molecule has 0 bridgehead atoms. The third-order valence-electron chi connectivity index (χ3n) is 6.40. The van der Waals surface area contributed by atoms with Crippen LogP contribution in [-0.2, 0) is 22.6 Å². The van der Waals surface area contributed by atoms with Crippen molar-refractivity contribution in [2.75, 3.05) is 6.61 Å². The summed E-state index contributed by atoms with van der Waals surface area (Å²) in [5, 5.41) is 3.10. The van der Waals surface area contributed by atoms with Gasteiger partial charge in [0.05, 0.1) is 0 Å². The second kappa shape index (κ2) is 12.9. The highest BCUT2D eigenvalue weighted by atomic mass is 16.5. The quantitative estimate of drug-likeness (QED) is 0.387. The molecule has 3 aromatic carbocycles. The third-order valence-corrected chi connectivity index (χ3v) is 6.40. The summed E-state index contributed by atoms with van der Waals surface area (Å²) in [4.78, 5) is 28.9. The van der Waals surface area contributed by atoms with Gasteiger partial charge in [0.1, 0.15) is 11.8 Å². The van der Waals surface area contributed by atoms with E-state index < -0.39 is 6.04 Å². The Morgan fingerprint density at radius 2 is 1.58 bits per heavy atom. The Morgan fingerprint density at radius 3 is 2.28 bits per heavy atom. The largest absolute Gasteiger partial charge is 0.483 e. The summed E-state index contributed by atoms with van der Waals surface area (Å²) in [6, 6.07) is 23.2. The van der Waals surface area contributed by atoms with E-state index in [1.807, 2.05) is 101 Å². The molecule has 0 spiro atoms. The normalized spacial score (nSPS) is 12.5. The van der Waals surface area contributed by atoms with Crippen LogP contribution >= 0.6 is 0 Å². The molecular formula is C31H38N2O3. The van der Waals surface area contributed by atoms with Gasteiger partial charge in [-0.1, -0.05) is 79.2 Å². The molecule has 190 valence electrons. The highest BCUT2D eigenvalue weighted by Gasteiger charge is 2.31. The molecule has 3 aromatic rings. The summed E-state index contributed by atoms with van der Waals surface area (Å²) < 4.78 is 5.98. The van der Waals surface area contributed by atoms with Gasteiger partial charge < -0.3 is 15.0 Å². The zero-order valence-electron chi connectivity index (χ0n) is 22.1. The summed E-state index contributed by atoms with van der Waals surface area (Å²) in [5.74, 6) is 0.307.